The highest BCUT2D eigenvalue weighted by molar-refractivity contribution is 7.89. The van der Waals surface area contributed by atoms with E-state index in [1.165, 1.54) is 23.9 Å². The van der Waals surface area contributed by atoms with Crippen LogP contribution in [0.2, 0.25) is 0 Å². The number of hydrogen-bond donors (Lipinski definition) is 2. The van der Waals surface area contributed by atoms with Crippen molar-refractivity contribution in [2.45, 2.75) is 50.5 Å². The molecule has 0 spiro atoms. The Hall–Kier alpha value is -1.34. The van der Waals surface area contributed by atoms with Crippen molar-refractivity contribution in [1.29, 1.82) is 0 Å². The maximum atomic E-state index is 12.3. The molecule has 0 radical (unpaired) electrons. The van der Waals surface area contributed by atoms with Crippen LogP contribution in [-0.2, 0) is 17.1 Å². The van der Waals surface area contributed by atoms with Crippen molar-refractivity contribution in [2.24, 2.45) is 12.5 Å². The second kappa shape index (κ2) is 5.46. The van der Waals surface area contributed by atoms with E-state index in [-0.39, 0.29) is 22.0 Å². The smallest absolute Gasteiger partial charge is 0.352 e. The van der Waals surface area contributed by atoms with Crippen molar-refractivity contribution in [3.63, 3.8) is 0 Å². The summed E-state index contributed by atoms with van der Waals surface area (Å²) < 4.78 is 28.7. The Morgan fingerprint density at radius 3 is 2.43 bits per heavy atom. The van der Waals surface area contributed by atoms with Crippen molar-refractivity contribution < 1.29 is 18.3 Å². The van der Waals surface area contributed by atoms with Crippen LogP contribution in [0.5, 0.6) is 0 Å². The minimum atomic E-state index is -3.67. The molecule has 0 saturated heterocycles. The van der Waals surface area contributed by atoms with E-state index in [0.717, 1.165) is 25.7 Å². The fourth-order valence-corrected chi connectivity index (χ4v) is 4.07. The van der Waals surface area contributed by atoms with E-state index in [2.05, 4.69) is 18.6 Å². The molecule has 1 aromatic heterocycles. The van der Waals surface area contributed by atoms with E-state index in [4.69, 9.17) is 5.11 Å². The molecule has 21 heavy (non-hydrogen) atoms. The number of aryl methyl sites for hydroxylation is 1. The summed E-state index contributed by atoms with van der Waals surface area (Å²) in [5, 5.41) is 8.99. The van der Waals surface area contributed by atoms with Gasteiger partial charge in [-0.15, -0.1) is 0 Å². The third-order valence-corrected chi connectivity index (χ3v) is 5.66. The van der Waals surface area contributed by atoms with Crippen LogP contribution in [0.4, 0.5) is 0 Å². The van der Waals surface area contributed by atoms with Crippen LogP contribution in [0.15, 0.2) is 17.2 Å². The van der Waals surface area contributed by atoms with Gasteiger partial charge in [0.1, 0.15) is 10.6 Å². The van der Waals surface area contributed by atoms with Gasteiger partial charge in [-0.3, -0.25) is 0 Å². The van der Waals surface area contributed by atoms with Gasteiger partial charge in [0.05, 0.1) is 0 Å². The molecule has 0 unspecified atom stereocenters. The average Bonchev–Trinajstić information content (AvgIpc) is 2.75. The van der Waals surface area contributed by atoms with Crippen LogP contribution in [0, 0.1) is 5.41 Å². The molecular formula is C14H22N2O4S. The van der Waals surface area contributed by atoms with E-state index in [0.29, 0.717) is 0 Å². The van der Waals surface area contributed by atoms with Crippen LogP contribution in [0.1, 0.15) is 50.0 Å². The van der Waals surface area contributed by atoms with Gasteiger partial charge in [-0.25, -0.2) is 17.9 Å². The van der Waals surface area contributed by atoms with Gasteiger partial charge in [-0.2, -0.15) is 0 Å². The van der Waals surface area contributed by atoms with Crippen LogP contribution in [0.3, 0.4) is 0 Å². The van der Waals surface area contributed by atoms with E-state index in [1.54, 1.807) is 0 Å². The first-order valence-electron chi connectivity index (χ1n) is 7.03. The van der Waals surface area contributed by atoms with Crippen LogP contribution in [-0.4, -0.2) is 30.1 Å². The Kier molecular flexibility index (Phi) is 4.17. The third-order valence-electron chi connectivity index (χ3n) is 4.17. The number of carbonyl (C=O) groups is 1. The molecule has 1 fully saturated rings. The molecule has 2 N–H and O–H groups in total. The normalized spacial score (nSPS) is 19.6. The fourth-order valence-electron chi connectivity index (χ4n) is 2.70. The van der Waals surface area contributed by atoms with Gasteiger partial charge in [0.15, 0.2) is 0 Å². The molecule has 7 heteroatoms. The van der Waals surface area contributed by atoms with Gasteiger partial charge in [-0.1, -0.05) is 13.8 Å². The van der Waals surface area contributed by atoms with Gasteiger partial charge in [0.2, 0.25) is 10.0 Å². The summed E-state index contributed by atoms with van der Waals surface area (Å²) in [7, 11) is -2.15. The summed E-state index contributed by atoms with van der Waals surface area (Å²) in [5.74, 6) is -1.14. The molecule has 1 heterocycles. The lowest BCUT2D eigenvalue weighted by Crippen LogP contribution is -2.39. The van der Waals surface area contributed by atoms with Gasteiger partial charge in [-0.05, 0) is 37.2 Å². The zero-order valence-electron chi connectivity index (χ0n) is 12.6. The third kappa shape index (κ3) is 3.65. The zero-order valence-corrected chi connectivity index (χ0v) is 13.4. The second-order valence-corrected chi connectivity index (χ2v) is 8.25. The highest BCUT2D eigenvalue weighted by Crippen LogP contribution is 2.35. The van der Waals surface area contributed by atoms with E-state index in [9.17, 15) is 13.2 Å². The first-order valence-corrected chi connectivity index (χ1v) is 8.51. The first kappa shape index (κ1) is 16.0. The second-order valence-electron chi connectivity index (χ2n) is 6.54. The number of rotatable bonds is 4. The van der Waals surface area contributed by atoms with Crippen LogP contribution < -0.4 is 4.72 Å². The van der Waals surface area contributed by atoms with Crippen molar-refractivity contribution in [1.82, 2.24) is 9.29 Å². The molecule has 0 aliphatic heterocycles. The van der Waals surface area contributed by atoms with Gasteiger partial charge in [0, 0.05) is 19.3 Å². The Bertz CT molecular complexity index is 636. The molecular weight excluding hydrogens is 292 g/mol. The number of carboxylic acids is 1. The van der Waals surface area contributed by atoms with Crippen molar-refractivity contribution in [2.75, 3.05) is 0 Å². The topological polar surface area (TPSA) is 88.4 Å². The summed E-state index contributed by atoms with van der Waals surface area (Å²) >= 11 is 0. The summed E-state index contributed by atoms with van der Waals surface area (Å²) in [6.07, 6.45) is 4.92. The van der Waals surface area contributed by atoms with Gasteiger partial charge >= 0.3 is 5.97 Å². The van der Waals surface area contributed by atoms with E-state index >= 15 is 0 Å². The molecule has 0 aromatic carbocycles. The number of aromatic carboxylic acids is 1. The summed E-state index contributed by atoms with van der Waals surface area (Å²) in [5.41, 5.74) is 0.227. The predicted molar refractivity (Wildman–Crippen MR) is 78.7 cm³/mol. The lowest BCUT2D eigenvalue weighted by molar-refractivity contribution is 0.0686. The average molecular weight is 314 g/mol. The fraction of sp³-hybridized carbons (Fsp3) is 0.643. The van der Waals surface area contributed by atoms with Gasteiger partial charge < -0.3 is 9.67 Å². The van der Waals surface area contributed by atoms with Crippen LogP contribution >= 0.6 is 0 Å². The van der Waals surface area contributed by atoms with Crippen molar-refractivity contribution in [3.05, 3.63) is 18.0 Å². The highest BCUT2D eigenvalue weighted by atomic mass is 32.2. The molecule has 0 amide bonds. The molecule has 1 saturated carbocycles. The Morgan fingerprint density at radius 1 is 1.38 bits per heavy atom. The minimum absolute atomic E-state index is 0.00670. The molecule has 118 valence electrons. The molecule has 1 aliphatic carbocycles. The minimum Gasteiger partial charge on any atom is -0.477 e. The first-order chi connectivity index (χ1) is 9.61. The molecule has 1 aliphatic rings. The quantitative estimate of drug-likeness (QED) is 0.889. The number of hydrogen-bond acceptors (Lipinski definition) is 3. The largest absolute Gasteiger partial charge is 0.477 e. The number of aromatic nitrogens is 1. The number of carboxylic acid groups (broad SMARTS) is 1. The lowest BCUT2D eigenvalue weighted by atomic mass is 9.76. The SMILES string of the molecule is Cn1cc(S(=O)(=O)NC2CCC(C)(C)CC2)cc1C(=O)O. The Balaban J connectivity index is 2.12. The lowest BCUT2D eigenvalue weighted by Gasteiger charge is -2.34. The number of nitrogens with one attached hydrogen (secondary N) is 1. The van der Waals surface area contributed by atoms with E-state index < -0.39 is 16.0 Å². The monoisotopic (exact) mass is 314 g/mol. The molecule has 0 bridgehead atoms. The van der Waals surface area contributed by atoms with Crippen molar-refractivity contribution in [3.8, 4) is 0 Å². The van der Waals surface area contributed by atoms with E-state index in [1.807, 2.05) is 0 Å². The maximum Gasteiger partial charge on any atom is 0.352 e. The molecule has 6 nitrogen and oxygen atoms in total. The summed E-state index contributed by atoms with van der Waals surface area (Å²) in [4.78, 5) is 11.0. The standard InChI is InChI=1S/C14H22N2O4S/c1-14(2)6-4-10(5-7-14)15-21(19,20)11-8-12(13(17)18)16(3)9-11/h8-10,15H,4-7H2,1-3H3,(H,17,18). The van der Waals surface area contributed by atoms with Gasteiger partial charge in [0.25, 0.3) is 0 Å². The predicted octanol–water partition coefficient (Wildman–Crippen LogP) is 1.97. The van der Waals surface area contributed by atoms with Crippen LogP contribution in [0.25, 0.3) is 0 Å². The summed E-state index contributed by atoms with van der Waals surface area (Å²) in [6.45, 7) is 4.38. The highest BCUT2D eigenvalue weighted by Gasteiger charge is 2.30. The molecule has 2 rings (SSSR count). The Morgan fingerprint density at radius 2 is 1.95 bits per heavy atom. The van der Waals surface area contributed by atoms with Crippen molar-refractivity contribution >= 4 is 16.0 Å². The summed E-state index contributed by atoms with van der Waals surface area (Å²) in [6, 6.07) is 1.12. The molecule has 0 atom stereocenters. The zero-order chi connectivity index (χ0) is 15.8. The Labute approximate surface area is 125 Å². The number of nitrogens with zero attached hydrogens (tertiary/aromatic N) is 1. The molecule has 1 aromatic rings. The maximum absolute atomic E-state index is 12.3. The number of sulfonamides is 1.